The number of aliphatic carboxylic acids is 1. The van der Waals surface area contributed by atoms with Crippen molar-refractivity contribution >= 4 is 23.8 Å². The Kier molecular flexibility index (Phi) is 10.5. The molecule has 178 valence electrons. The highest BCUT2D eigenvalue weighted by molar-refractivity contribution is 7.97. The van der Waals surface area contributed by atoms with Gasteiger partial charge in [-0.3, -0.25) is 4.79 Å². The predicted octanol–water partition coefficient (Wildman–Crippen LogP) is 4.50. The summed E-state index contributed by atoms with van der Waals surface area (Å²) < 4.78 is 8.49. The molecule has 6 nitrogen and oxygen atoms in total. The van der Waals surface area contributed by atoms with E-state index in [9.17, 15) is 9.59 Å². The van der Waals surface area contributed by atoms with Crippen molar-refractivity contribution in [2.24, 2.45) is 0 Å². The molecule has 1 amide bonds. The van der Waals surface area contributed by atoms with Gasteiger partial charge in [-0.2, -0.15) is 0 Å². The molecule has 0 radical (unpaired) electrons. The molecule has 3 N–H and O–H groups in total. The number of hydrogen-bond acceptors (Lipinski definition) is 5. The number of hydrogen-bond donors (Lipinski definition) is 3. The average molecular weight is 479 g/mol. The normalized spacial score (nSPS) is 11.5. The molecule has 0 aromatic heterocycles. The van der Waals surface area contributed by atoms with E-state index in [2.05, 4.69) is 22.2 Å². The molecule has 0 saturated carbocycles. The molecule has 3 aromatic rings. The number of amides is 1. The van der Waals surface area contributed by atoms with Gasteiger partial charge in [0.05, 0.1) is 0 Å². The van der Waals surface area contributed by atoms with Crippen LogP contribution in [0.4, 0.5) is 0 Å². The van der Waals surface area contributed by atoms with Crippen LogP contribution in [0.3, 0.4) is 0 Å². The van der Waals surface area contributed by atoms with Crippen molar-refractivity contribution in [3.8, 4) is 5.75 Å². The van der Waals surface area contributed by atoms with E-state index in [-0.39, 0.29) is 12.5 Å². The van der Waals surface area contributed by atoms with E-state index in [0.29, 0.717) is 18.7 Å². The number of carboxylic acid groups (broad SMARTS) is 1. The molecule has 34 heavy (non-hydrogen) atoms. The fourth-order valence-corrected chi connectivity index (χ4v) is 4.11. The number of aryl methyl sites for hydroxylation is 1. The molecular weight excluding hydrogens is 448 g/mol. The van der Waals surface area contributed by atoms with E-state index >= 15 is 0 Å². The lowest BCUT2D eigenvalue weighted by Gasteiger charge is -2.18. The number of ether oxygens (including phenoxy) is 1. The Morgan fingerprint density at radius 1 is 0.853 bits per heavy atom. The van der Waals surface area contributed by atoms with Crippen LogP contribution in [0.2, 0.25) is 0 Å². The Bertz CT molecular complexity index is 1010. The third-order valence-corrected chi connectivity index (χ3v) is 6.05. The maximum Gasteiger partial charge on any atom is 0.341 e. The van der Waals surface area contributed by atoms with Gasteiger partial charge in [0.1, 0.15) is 11.8 Å². The molecule has 0 aliphatic heterocycles. The number of carbonyl (C=O) groups is 2. The Balaban J connectivity index is 1.52. The monoisotopic (exact) mass is 478 g/mol. The molecule has 0 fully saturated rings. The van der Waals surface area contributed by atoms with Crippen molar-refractivity contribution in [2.75, 3.05) is 13.2 Å². The Morgan fingerprint density at radius 3 is 2.21 bits per heavy atom. The van der Waals surface area contributed by atoms with Crippen LogP contribution in [-0.2, 0) is 22.4 Å². The zero-order valence-corrected chi connectivity index (χ0v) is 19.8. The van der Waals surface area contributed by atoms with E-state index in [4.69, 9.17) is 9.84 Å². The SMILES string of the molecule is O=C(O)COc1ccc(C[C@H](NSc2ccccc2)C(=O)NCCCCc2ccccc2)cc1. The number of carbonyl (C=O) groups excluding carboxylic acids is 1. The van der Waals surface area contributed by atoms with Crippen LogP contribution in [0.5, 0.6) is 5.75 Å². The lowest BCUT2D eigenvalue weighted by Crippen LogP contribution is -2.43. The van der Waals surface area contributed by atoms with Crippen molar-refractivity contribution < 1.29 is 19.4 Å². The van der Waals surface area contributed by atoms with Crippen molar-refractivity contribution in [3.63, 3.8) is 0 Å². The number of benzene rings is 3. The van der Waals surface area contributed by atoms with Crippen LogP contribution in [0, 0.1) is 0 Å². The van der Waals surface area contributed by atoms with Gasteiger partial charge in [0.15, 0.2) is 6.61 Å². The third-order valence-electron chi connectivity index (χ3n) is 5.14. The molecule has 0 saturated heterocycles. The highest BCUT2D eigenvalue weighted by Gasteiger charge is 2.19. The molecule has 3 aromatic carbocycles. The lowest BCUT2D eigenvalue weighted by molar-refractivity contribution is -0.139. The first kappa shape index (κ1) is 25.3. The summed E-state index contributed by atoms with van der Waals surface area (Å²) >= 11 is 1.43. The summed E-state index contributed by atoms with van der Waals surface area (Å²) in [6.45, 7) is 0.242. The van der Waals surface area contributed by atoms with Crippen LogP contribution >= 0.6 is 11.9 Å². The maximum atomic E-state index is 13.0. The largest absolute Gasteiger partial charge is 0.482 e. The van der Waals surface area contributed by atoms with Gasteiger partial charge in [0, 0.05) is 11.4 Å². The summed E-state index contributed by atoms with van der Waals surface area (Å²) in [5.41, 5.74) is 2.26. The van der Waals surface area contributed by atoms with Gasteiger partial charge in [0.25, 0.3) is 0 Å². The first-order chi connectivity index (χ1) is 16.6. The molecule has 0 aliphatic carbocycles. The quantitative estimate of drug-likeness (QED) is 0.234. The molecule has 0 unspecified atom stereocenters. The van der Waals surface area contributed by atoms with Gasteiger partial charge in [0.2, 0.25) is 5.91 Å². The van der Waals surface area contributed by atoms with Crippen molar-refractivity contribution in [3.05, 3.63) is 96.1 Å². The highest BCUT2D eigenvalue weighted by atomic mass is 32.2. The zero-order valence-electron chi connectivity index (χ0n) is 19.0. The summed E-state index contributed by atoms with van der Waals surface area (Å²) in [6, 6.07) is 26.9. The third kappa shape index (κ3) is 9.29. The van der Waals surface area contributed by atoms with E-state index in [1.807, 2.05) is 60.7 Å². The molecule has 3 rings (SSSR count). The summed E-state index contributed by atoms with van der Waals surface area (Å²) in [4.78, 5) is 24.7. The van der Waals surface area contributed by atoms with Gasteiger partial charge in [-0.1, -0.05) is 60.7 Å². The van der Waals surface area contributed by atoms with E-state index < -0.39 is 12.0 Å². The fraction of sp³-hybridized carbons (Fsp3) is 0.259. The summed E-state index contributed by atoms with van der Waals surface area (Å²) in [5.74, 6) is -0.585. The number of carboxylic acids is 1. The van der Waals surface area contributed by atoms with Crippen LogP contribution in [0.15, 0.2) is 89.8 Å². The molecule has 0 aliphatic rings. The van der Waals surface area contributed by atoms with E-state index in [1.54, 1.807) is 12.1 Å². The molecular formula is C27H30N2O4S. The van der Waals surface area contributed by atoms with Crippen molar-refractivity contribution in [1.82, 2.24) is 10.0 Å². The van der Waals surface area contributed by atoms with Gasteiger partial charge in [-0.15, -0.1) is 0 Å². The fourth-order valence-electron chi connectivity index (χ4n) is 3.35. The van der Waals surface area contributed by atoms with E-state index in [0.717, 1.165) is 29.7 Å². The Labute approximate surface area is 204 Å². The van der Waals surface area contributed by atoms with Gasteiger partial charge < -0.3 is 15.2 Å². The first-order valence-electron chi connectivity index (χ1n) is 11.3. The minimum Gasteiger partial charge on any atom is -0.482 e. The summed E-state index contributed by atoms with van der Waals surface area (Å²) in [6.07, 6.45) is 3.42. The standard InChI is InChI=1S/C27H30N2O4S/c30-26(31)20-33-23-16-14-22(15-17-23)19-25(29-34-24-12-5-2-6-13-24)27(32)28-18-8-7-11-21-9-3-1-4-10-21/h1-6,9-10,12-17,25,29H,7-8,11,18-20H2,(H,28,32)(H,30,31)/t25-/m0/s1. The van der Waals surface area contributed by atoms with Crippen LogP contribution in [0.25, 0.3) is 0 Å². The molecule has 0 bridgehead atoms. The number of rotatable bonds is 14. The minimum absolute atomic E-state index is 0.0469. The second-order valence-corrected chi connectivity index (χ2v) is 8.76. The average Bonchev–Trinajstić information content (AvgIpc) is 2.87. The second-order valence-electron chi connectivity index (χ2n) is 7.85. The molecule has 0 spiro atoms. The van der Waals surface area contributed by atoms with Gasteiger partial charge >= 0.3 is 5.97 Å². The van der Waals surface area contributed by atoms with Crippen LogP contribution in [-0.4, -0.2) is 36.2 Å². The van der Waals surface area contributed by atoms with Gasteiger partial charge in [-0.05, 0) is 73.0 Å². The Morgan fingerprint density at radius 2 is 1.53 bits per heavy atom. The smallest absolute Gasteiger partial charge is 0.341 e. The van der Waals surface area contributed by atoms with Crippen LogP contribution < -0.4 is 14.8 Å². The predicted molar refractivity (Wildman–Crippen MR) is 135 cm³/mol. The summed E-state index contributed by atoms with van der Waals surface area (Å²) in [5, 5.41) is 11.8. The first-order valence-corrected chi connectivity index (χ1v) is 12.1. The molecule has 0 heterocycles. The maximum absolute atomic E-state index is 13.0. The Hall–Kier alpha value is -3.29. The summed E-state index contributed by atoms with van der Waals surface area (Å²) in [7, 11) is 0. The van der Waals surface area contributed by atoms with Crippen molar-refractivity contribution in [2.45, 2.75) is 36.6 Å². The molecule has 1 atom stereocenters. The number of unbranched alkanes of at least 4 members (excludes halogenated alkanes) is 1. The topological polar surface area (TPSA) is 87.7 Å². The zero-order chi connectivity index (χ0) is 24.0. The minimum atomic E-state index is -1.02. The van der Waals surface area contributed by atoms with E-state index in [1.165, 1.54) is 17.5 Å². The second kappa shape index (κ2) is 14.1. The molecule has 7 heteroatoms. The van der Waals surface area contributed by atoms with Gasteiger partial charge in [-0.25, -0.2) is 9.52 Å². The van der Waals surface area contributed by atoms with Crippen molar-refractivity contribution in [1.29, 1.82) is 0 Å². The highest BCUT2D eigenvalue weighted by Crippen LogP contribution is 2.17. The lowest BCUT2D eigenvalue weighted by atomic mass is 10.1. The van der Waals surface area contributed by atoms with Crippen LogP contribution in [0.1, 0.15) is 24.0 Å². The number of nitrogens with one attached hydrogen (secondary N) is 2.